The number of carbonyl (C=O) groups is 1. The summed E-state index contributed by atoms with van der Waals surface area (Å²) in [6.45, 7) is 5.48. The fraction of sp³-hybridized carbons (Fsp3) is 0.333. The zero-order valence-electron chi connectivity index (χ0n) is 18.0. The Labute approximate surface area is 187 Å². The number of rotatable bonds is 7. The van der Waals surface area contributed by atoms with E-state index in [-0.39, 0.29) is 12.3 Å². The summed E-state index contributed by atoms with van der Waals surface area (Å²) in [6.07, 6.45) is 0.245. The number of nitrogens with one attached hydrogen (secondary N) is 1. The molecule has 0 spiro atoms. The number of carbonyl (C=O) groups excluding carboxylic acids is 1. The molecule has 31 heavy (non-hydrogen) atoms. The molecule has 0 atom stereocenters. The van der Waals surface area contributed by atoms with Crippen LogP contribution in [0.3, 0.4) is 0 Å². The Morgan fingerprint density at radius 3 is 2.65 bits per heavy atom. The Morgan fingerprint density at radius 2 is 1.90 bits per heavy atom. The minimum atomic E-state index is -0.0902. The summed E-state index contributed by atoms with van der Waals surface area (Å²) in [7, 11) is 3.79. The quantitative estimate of drug-likeness (QED) is 0.611. The molecule has 0 bridgehead atoms. The summed E-state index contributed by atoms with van der Waals surface area (Å²) in [5.74, 6) is 0.623. The molecule has 7 heteroatoms. The van der Waals surface area contributed by atoms with Crippen molar-refractivity contribution in [1.29, 1.82) is 0 Å². The minimum absolute atomic E-state index is 0.0902. The molecule has 3 aromatic rings. The van der Waals surface area contributed by atoms with Gasteiger partial charge < -0.3 is 15.0 Å². The number of likely N-dealkylation sites (N-methyl/N-ethyl adjacent to an activating group) is 1. The number of piperazine rings is 1. The van der Waals surface area contributed by atoms with Gasteiger partial charge >= 0.3 is 0 Å². The summed E-state index contributed by atoms with van der Waals surface area (Å²) >= 11 is 1.57. The summed E-state index contributed by atoms with van der Waals surface area (Å²) in [4.78, 5) is 21.9. The number of anilines is 1. The molecule has 1 aliphatic rings. The smallest absolute Gasteiger partial charge is 0.230 e. The Hall–Kier alpha value is -2.74. The number of hydrogen-bond acceptors (Lipinski definition) is 6. The molecule has 0 unspecified atom stereocenters. The van der Waals surface area contributed by atoms with Crippen LogP contribution in [0.25, 0.3) is 10.6 Å². The van der Waals surface area contributed by atoms with Gasteiger partial charge in [-0.1, -0.05) is 30.3 Å². The number of ether oxygens (including phenoxy) is 1. The number of thiazole rings is 1. The second-order valence-corrected chi connectivity index (χ2v) is 8.74. The summed E-state index contributed by atoms with van der Waals surface area (Å²) in [5, 5.41) is 5.80. The second kappa shape index (κ2) is 10.0. The van der Waals surface area contributed by atoms with Gasteiger partial charge in [-0.3, -0.25) is 9.69 Å². The average molecular weight is 437 g/mol. The van der Waals surface area contributed by atoms with Gasteiger partial charge in [-0.2, -0.15) is 0 Å². The standard InChI is InChI=1S/C24H28N4O2S/c1-27-10-12-28(13-11-27)16-18-6-8-19(9-7-18)24-26-21(17-31-24)15-23(29)25-20-4-3-5-22(14-20)30-2/h3-9,14,17H,10-13,15-16H2,1-2H3,(H,25,29). The predicted octanol–water partition coefficient (Wildman–Crippen LogP) is 3.75. The second-order valence-electron chi connectivity index (χ2n) is 7.88. The van der Waals surface area contributed by atoms with Gasteiger partial charge in [0.25, 0.3) is 0 Å². The van der Waals surface area contributed by atoms with Crippen molar-refractivity contribution >= 4 is 22.9 Å². The van der Waals surface area contributed by atoms with Crippen LogP contribution < -0.4 is 10.1 Å². The topological polar surface area (TPSA) is 57.7 Å². The zero-order valence-corrected chi connectivity index (χ0v) is 18.8. The van der Waals surface area contributed by atoms with E-state index in [1.54, 1.807) is 24.5 Å². The number of methoxy groups -OCH3 is 1. The molecular weight excluding hydrogens is 408 g/mol. The lowest BCUT2D eigenvalue weighted by Crippen LogP contribution is -2.43. The van der Waals surface area contributed by atoms with E-state index in [1.807, 2.05) is 23.6 Å². The third-order valence-corrected chi connectivity index (χ3v) is 6.39. The van der Waals surface area contributed by atoms with E-state index < -0.39 is 0 Å². The normalized spacial score (nSPS) is 15.0. The maximum atomic E-state index is 12.4. The molecule has 4 rings (SSSR count). The van der Waals surface area contributed by atoms with Crippen molar-refractivity contribution in [2.24, 2.45) is 0 Å². The third-order valence-electron chi connectivity index (χ3n) is 5.45. The molecule has 0 radical (unpaired) electrons. The number of hydrogen-bond donors (Lipinski definition) is 1. The Kier molecular flexibility index (Phi) is 6.96. The van der Waals surface area contributed by atoms with Crippen LogP contribution in [0, 0.1) is 0 Å². The SMILES string of the molecule is COc1cccc(NC(=O)Cc2csc(-c3ccc(CN4CCN(C)CC4)cc3)n2)c1. The summed E-state index contributed by atoms with van der Waals surface area (Å²) < 4.78 is 5.20. The first-order valence-corrected chi connectivity index (χ1v) is 11.4. The number of nitrogens with zero attached hydrogens (tertiary/aromatic N) is 3. The molecule has 1 saturated heterocycles. The van der Waals surface area contributed by atoms with E-state index in [0.29, 0.717) is 5.75 Å². The van der Waals surface area contributed by atoms with Crippen LogP contribution in [-0.2, 0) is 17.8 Å². The maximum Gasteiger partial charge on any atom is 0.230 e. The molecule has 0 saturated carbocycles. The number of aromatic nitrogens is 1. The molecule has 162 valence electrons. The third kappa shape index (κ3) is 5.91. The van der Waals surface area contributed by atoms with Gasteiger partial charge in [0, 0.05) is 55.4 Å². The highest BCUT2D eigenvalue weighted by Gasteiger charge is 2.14. The van der Waals surface area contributed by atoms with Crippen molar-refractivity contribution in [2.75, 3.05) is 45.7 Å². The van der Waals surface area contributed by atoms with Crippen LogP contribution in [0.5, 0.6) is 5.75 Å². The molecule has 1 fully saturated rings. The molecule has 1 N–H and O–H groups in total. The van der Waals surface area contributed by atoms with Crippen molar-refractivity contribution in [3.05, 3.63) is 65.2 Å². The lowest BCUT2D eigenvalue weighted by Gasteiger charge is -2.32. The highest BCUT2D eigenvalue weighted by atomic mass is 32.1. The van der Waals surface area contributed by atoms with Gasteiger partial charge in [0.15, 0.2) is 0 Å². The van der Waals surface area contributed by atoms with Crippen LogP contribution in [0.15, 0.2) is 53.9 Å². The summed E-state index contributed by atoms with van der Waals surface area (Å²) in [5.41, 5.74) is 3.91. The van der Waals surface area contributed by atoms with Gasteiger partial charge in [-0.25, -0.2) is 4.98 Å². The fourth-order valence-corrected chi connectivity index (χ4v) is 4.43. The molecule has 2 heterocycles. The Morgan fingerprint density at radius 1 is 1.13 bits per heavy atom. The fourth-order valence-electron chi connectivity index (χ4n) is 3.61. The maximum absolute atomic E-state index is 12.4. The van der Waals surface area contributed by atoms with Crippen LogP contribution in [0.4, 0.5) is 5.69 Å². The molecule has 1 aliphatic heterocycles. The lowest BCUT2D eigenvalue weighted by atomic mass is 10.1. The van der Waals surface area contributed by atoms with Gasteiger partial charge in [-0.15, -0.1) is 11.3 Å². The minimum Gasteiger partial charge on any atom is -0.497 e. The van der Waals surface area contributed by atoms with Crippen LogP contribution in [-0.4, -0.2) is 61.0 Å². The van der Waals surface area contributed by atoms with E-state index in [1.165, 1.54) is 5.56 Å². The molecule has 0 aliphatic carbocycles. The van der Waals surface area contributed by atoms with Crippen molar-refractivity contribution in [2.45, 2.75) is 13.0 Å². The van der Waals surface area contributed by atoms with Crippen LogP contribution in [0.1, 0.15) is 11.3 Å². The highest BCUT2D eigenvalue weighted by molar-refractivity contribution is 7.13. The molecular formula is C24H28N4O2S. The van der Waals surface area contributed by atoms with Crippen molar-refractivity contribution < 1.29 is 9.53 Å². The predicted molar refractivity (Wildman–Crippen MR) is 126 cm³/mol. The van der Waals surface area contributed by atoms with Crippen molar-refractivity contribution in [3.8, 4) is 16.3 Å². The molecule has 6 nitrogen and oxygen atoms in total. The van der Waals surface area contributed by atoms with E-state index in [4.69, 9.17) is 4.74 Å². The first kappa shape index (κ1) is 21.5. The first-order chi connectivity index (χ1) is 15.1. The van der Waals surface area contributed by atoms with Gasteiger partial charge in [0.1, 0.15) is 10.8 Å². The van der Waals surface area contributed by atoms with Crippen molar-refractivity contribution in [1.82, 2.24) is 14.8 Å². The van der Waals surface area contributed by atoms with Crippen molar-refractivity contribution in [3.63, 3.8) is 0 Å². The highest BCUT2D eigenvalue weighted by Crippen LogP contribution is 2.25. The average Bonchev–Trinajstić information content (AvgIpc) is 3.24. The number of benzene rings is 2. The first-order valence-electron chi connectivity index (χ1n) is 10.5. The summed E-state index contributed by atoms with van der Waals surface area (Å²) in [6, 6.07) is 16.0. The van der Waals surface area contributed by atoms with E-state index >= 15 is 0 Å². The van der Waals surface area contributed by atoms with Crippen LogP contribution >= 0.6 is 11.3 Å². The monoisotopic (exact) mass is 436 g/mol. The van der Waals surface area contributed by atoms with Crippen LogP contribution in [0.2, 0.25) is 0 Å². The molecule has 1 amide bonds. The lowest BCUT2D eigenvalue weighted by molar-refractivity contribution is -0.115. The van der Waals surface area contributed by atoms with E-state index in [9.17, 15) is 4.79 Å². The van der Waals surface area contributed by atoms with Gasteiger partial charge in [0.2, 0.25) is 5.91 Å². The Balaban J connectivity index is 1.33. The number of amides is 1. The molecule has 1 aromatic heterocycles. The Bertz CT molecular complexity index is 1010. The van der Waals surface area contributed by atoms with E-state index in [0.717, 1.165) is 54.7 Å². The molecule has 2 aromatic carbocycles. The van der Waals surface area contributed by atoms with Gasteiger partial charge in [0.05, 0.1) is 19.2 Å². The zero-order chi connectivity index (χ0) is 21.6. The van der Waals surface area contributed by atoms with E-state index in [2.05, 4.69) is 51.4 Å². The van der Waals surface area contributed by atoms with Gasteiger partial charge in [-0.05, 0) is 24.7 Å². The largest absolute Gasteiger partial charge is 0.497 e.